The molecule has 0 heterocycles. The second-order valence-electron chi connectivity index (χ2n) is 4.07. The fourth-order valence-electron chi connectivity index (χ4n) is 1.59. The predicted molar refractivity (Wildman–Crippen MR) is 62.2 cm³/mol. The lowest BCUT2D eigenvalue weighted by molar-refractivity contribution is -0.122. The summed E-state index contributed by atoms with van der Waals surface area (Å²) in [6.45, 7) is 3.22. The van der Waals surface area contributed by atoms with Crippen molar-refractivity contribution in [1.29, 1.82) is 0 Å². The quantitative estimate of drug-likeness (QED) is 0.823. The van der Waals surface area contributed by atoms with Gasteiger partial charge in [-0.15, -0.1) is 0 Å². The first-order valence-electron chi connectivity index (χ1n) is 5.79. The zero-order valence-corrected chi connectivity index (χ0v) is 9.53. The van der Waals surface area contributed by atoms with Gasteiger partial charge < -0.3 is 10.1 Å². The molecule has 0 atom stereocenters. The molecule has 1 aliphatic rings. The Morgan fingerprint density at radius 2 is 2.31 bits per heavy atom. The standard InChI is InChI=1S/C13H17NO2/c1-2-16-12-5-3-4-10(8-12)9-14-13(15)11-6-7-11/h3-5,8,11H,2,6-7,9H2,1H3,(H,14,15). The average molecular weight is 219 g/mol. The van der Waals surface area contributed by atoms with Crippen LogP contribution < -0.4 is 10.1 Å². The summed E-state index contributed by atoms with van der Waals surface area (Å²) < 4.78 is 5.40. The highest BCUT2D eigenvalue weighted by molar-refractivity contribution is 5.80. The maximum absolute atomic E-state index is 11.4. The largest absolute Gasteiger partial charge is 0.494 e. The maximum Gasteiger partial charge on any atom is 0.223 e. The van der Waals surface area contributed by atoms with E-state index >= 15 is 0 Å². The van der Waals surface area contributed by atoms with Gasteiger partial charge in [0, 0.05) is 12.5 Å². The lowest BCUT2D eigenvalue weighted by Crippen LogP contribution is -2.24. The van der Waals surface area contributed by atoms with Gasteiger partial charge in [-0.05, 0) is 37.5 Å². The summed E-state index contributed by atoms with van der Waals surface area (Å²) in [5, 5.41) is 2.94. The minimum absolute atomic E-state index is 0.182. The van der Waals surface area contributed by atoms with Crippen LogP contribution in [0.5, 0.6) is 5.75 Å². The van der Waals surface area contributed by atoms with Gasteiger partial charge >= 0.3 is 0 Å². The van der Waals surface area contributed by atoms with E-state index < -0.39 is 0 Å². The van der Waals surface area contributed by atoms with Crippen LogP contribution in [0.15, 0.2) is 24.3 Å². The molecular weight excluding hydrogens is 202 g/mol. The number of nitrogens with one attached hydrogen (secondary N) is 1. The monoisotopic (exact) mass is 219 g/mol. The van der Waals surface area contributed by atoms with E-state index in [-0.39, 0.29) is 11.8 Å². The van der Waals surface area contributed by atoms with E-state index in [1.54, 1.807) is 0 Å². The Morgan fingerprint density at radius 3 is 3.00 bits per heavy atom. The van der Waals surface area contributed by atoms with Crippen molar-refractivity contribution in [3.05, 3.63) is 29.8 Å². The van der Waals surface area contributed by atoms with E-state index in [0.29, 0.717) is 13.2 Å². The number of benzene rings is 1. The predicted octanol–water partition coefficient (Wildman–Crippen LogP) is 2.11. The SMILES string of the molecule is CCOc1cccc(CNC(=O)C2CC2)c1. The second-order valence-corrected chi connectivity index (χ2v) is 4.07. The zero-order valence-electron chi connectivity index (χ0n) is 9.53. The van der Waals surface area contributed by atoms with Gasteiger partial charge in [0.25, 0.3) is 0 Å². The fraction of sp³-hybridized carbons (Fsp3) is 0.462. The molecule has 0 radical (unpaired) electrons. The van der Waals surface area contributed by atoms with E-state index in [2.05, 4.69) is 5.32 Å². The highest BCUT2D eigenvalue weighted by atomic mass is 16.5. The van der Waals surface area contributed by atoms with Crippen molar-refractivity contribution in [3.8, 4) is 5.75 Å². The number of carbonyl (C=O) groups excluding carboxylic acids is 1. The van der Waals surface area contributed by atoms with Crippen LogP contribution in [0.4, 0.5) is 0 Å². The Bertz CT molecular complexity index is 372. The lowest BCUT2D eigenvalue weighted by atomic mass is 10.2. The normalized spacial score (nSPS) is 14.6. The third kappa shape index (κ3) is 2.99. The van der Waals surface area contributed by atoms with E-state index in [1.807, 2.05) is 31.2 Å². The molecule has 3 nitrogen and oxygen atoms in total. The van der Waals surface area contributed by atoms with Gasteiger partial charge in [0.05, 0.1) is 6.61 Å². The summed E-state index contributed by atoms with van der Waals surface area (Å²) >= 11 is 0. The Kier molecular flexibility index (Phi) is 3.44. The molecule has 1 aromatic carbocycles. The Hall–Kier alpha value is -1.51. The Balaban J connectivity index is 1.87. The van der Waals surface area contributed by atoms with E-state index in [4.69, 9.17) is 4.74 Å². The van der Waals surface area contributed by atoms with Crippen LogP contribution >= 0.6 is 0 Å². The Labute approximate surface area is 95.8 Å². The topological polar surface area (TPSA) is 38.3 Å². The number of rotatable bonds is 5. The molecule has 0 bridgehead atoms. The van der Waals surface area contributed by atoms with Gasteiger partial charge in [0.2, 0.25) is 5.91 Å². The molecule has 0 saturated heterocycles. The van der Waals surface area contributed by atoms with Crippen molar-refractivity contribution in [1.82, 2.24) is 5.32 Å². The number of carbonyl (C=O) groups is 1. The van der Waals surface area contributed by atoms with Gasteiger partial charge in [0.1, 0.15) is 5.75 Å². The van der Waals surface area contributed by atoms with Crippen LogP contribution in [0.1, 0.15) is 25.3 Å². The highest BCUT2D eigenvalue weighted by Gasteiger charge is 2.29. The van der Waals surface area contributed by atoms with Gasteiger partial charge in [-0.25, -0.2) is 0 Å². The first-order valence-corrected chi connectivity index (χ1v) is 5.79. The van der Waals surface area contributed by atoms with E-state index in [0.717, 1.165) is 24.2 Å². The zero-order chi connectivity index (χ0) is 11.4. The molecule has 86 valence electrons. The second kappa shape index (κ2) is 5.01. The summed E-state index contributed by atoms with van der Waals surface area (Å²) in [6.07, 6.45) is 2.09. The van der Waals surface area contributed by atoms with Gasteiger partial charge in [-0.2, -0.15) is 0 Å². The highest BCUT2D eigenvalue weighted by Crippen LogP contribution is 2.28. The van der Waals surface area contributed by atoms with Gasteiger partial charge in [0.15, 0.2) is 0 Å². The molecule has 0 spiro atoms. The van der Waals surface area contributed by atoms with Crippen LogP contribution in [0.3, 0.4) is 0 Å². The molecule has 2 rings (SSSR count). The van der Waals surface area contributed by atoms with Crippen molar-refractivity contribution in [3.63, 3.8) is 0 Å². The molecule has 1 aromatic rings. The first kappa shape index (κ1) is 11.0. The number of hydrogen-bond acceptors (Lipinski definition) is 2. The smallest absolute Gasteiger partial charge is 0.223 e. The number of hydrogen-bond donors (Lipinski definition) is 1. The van der Waals surface area contributed by atoms with Crippen LogP contribution in [-0.4, -0.2) is 12.5 Å². The molecule has 1 fully saturated rings. The van der Waals surface area contributed by atoms with Crippen LogP contribution in [-0.2, 0) is 11.3 Å². The third-order valence-corrected chi connectivity index (χ3v) is 2.62. The van der Waals surface area contributed by atoms with Crippen molar-refractivity contribution in [2.75, 3.05) is 6.61 Å². The summed E-state index contributed by atoms with van der Waals surface area (Å²) in [5.41, 5.74) is 1.08. The maximum atomic E-state index is 11.4. The number of ether oxygens (including phenoxy) is 1. The molecule has 1 N–H and O–H groups in total. The molecule has 0 aromatic heterocycles. The van der Waals surface area contributed by atoms with E-state index in [9.17, 15) is 4.79 Å². The molecule has 1 amide bonds. The van der Waals surface area contributed by atoms with Gasteiger partial charge in [-0.3, -0.25) is 4.79 Å². The summed E-state index contributed by atoms with van der Waals surface area (Å²) in [7, 11) is 0. The van der Waals surface area contributed by atoms with Crippen molar-refractivity contribution < 1.29 is 9.53 Å². The minimum atomic E-state index is 0.182. The molecule has 3 heteroatoms. The van der Waals surface area contributed by atoms with Crippen LogP contribution in [0.2, 0.25) is 0 Å². The first-order chi connectivity index (χ1) is 7.79. The van der Waals surface area contributed by atoms with E-state index in [1.165, 1.54) is 0 Å². The van der Waals surface area contributed by atoms with Crippen LogP contribution in [0, 0.1) is 5.92 Å². The molecule has 1 saturated carbocycles. The van der Waals surface area contributed by atoms with Crippen molar-refractivity contribution >= 4 is 5.91 Å². The summed E-state index contributed by atoms with van der Waals surface area (Å²) in [6, 6.07) is 7.84. The molecule has 16 heavy (non-hydrogen) atoms. The van der Waals surface area contributed by atoms with Crippen LogP contribution in [0.25, 0.3) is 0 Å². The Morgan fingerprint density at radius 1 is 1.50 bits per heavy atom. The lowest BCUT2D eigenvalue weighted by Gasteiger charge is -2.07. The fourth-order valence-corrected chi connectivity index (χ4v) is 1.59. The number of amides is 1. The third-order valence-electron chi connectivity index (χ3n) is 2.62. The average Bonchev–Trinajstić information content (AvgIpc) is 3.11. The molecule has 0 aliphatic heterocycles. The molecule has 1 aliphatic carbocycles. The summed E-state index contributed by atoms with van der Waals surface area (Å²) in [4.78, 5) is 11.4. The molecular formula is C13H17NO2. The van der Waals surface area contributed by atoms with Crippen molar-refractivity contribution in [2.45, 2.75) is 26.3 Å². The minimum Gasteiger partial charge on any atom is -0.494 e. The van der Waals surface area contributed by atoms with Gasteiger partial charge in [-0.1, -0.05) is 12.1 Å². The summed E-state index contributed by atoms with van der Waals surface area (Å²) in [5.74, 6) is 1.32. The van der Waals surface area contributed by atoms with Crippen molar-refractivity contribution in [2.24, 2.45) is 5.92 Å². The molecule has 0 unspecified atom stereocenters.